The Labute approximate surface area is 136 Å². The molecule has 0 unspecified atom stereocenters. The SMILES string of the molecule is CS(=O)(=O)CCCCCn1nnnc1Sc1ncc(Cl)s1. The minimum atomic E-state index is -2.88. The third kappa shape index (κ3) is 5.89. The van der Waals surface area contributed by atoms with Gasteiger partial charge in [0, 0.05) is 18.6 Å². The topological polar surface area (TPSA) is 90.6 Å². The molecule has 2 aromatic heterocycles. The molecule has 0 fully saturated rings. The highest BCUT2D eigenvalue weighted by atomic mass is 35.5. The second kappa shape index (κ2) is 7.52. The largest absolute Gasteiger partial charge is 0.236 e. The van der Waals surface area contributed by atoms with E-state index in [1.165, 1.54) is 29.4 Å². The van der Waals surface area contributed by atoms with Crippen LogP contribution in [-0.2, 0) is 16.4 Å². The molecule has 0 bridgehead atoms. The molecular formula is C10H14ClN5O2S3. The predicted molar refractivity (Wildman–Crippen MR) is 82.6 cm³/mol. The number of rotatable bonds is 8. The lowest BCUT2D eigenvalue weighted by Gasteiger charge is -2.03. The lowest BCUT2D eigenvalue weighted by molar-refractivity contribution is 0.505. The molecule has 0 N–H and O–H groups in total. The first-order valence-corrected chi connectivity index (χ1v) is 10.2. The summed E-state index contributed by atoms with van der Waals surface area (Å²) in [7, 11) is -2.88. The van der Waals surface area contributed by atoms with Crippen molar-refractivity contribution in [3.8, 4) is 0 Å². The number of hydrogen-bond acceptors (Lipinski definition) is 8. The Morgan fingerprint density at radius 1 is 1.38 bits per heavy atom. The van der Waals surface area contributed by atoms with Crippen LogP contribution in [0.4, 0.5) is 0 Å². The van der Waals surface area contributed by atoms with Crippen LogP contribution in [0.1, 0.15) is 19.3 Å². The average Bonchev–Trinajstić information content (AvgIpc) is 2.98. The molecule has 7 nitrogen and oxygen atoms in total. The fourth-order valence-electron chi connectivity index (χ4n) is 1.58. The summed E-state index contributed by atoms with van der Waals surface area (Å²) in [6, 6.07) is 0. The highest BCUT2D eigenvalue weighted by Gasteiger charge is 2.11. The van der Waals surface area contributed by atoms with Crippen LogP contribution in [0, 0.1) is 0 Å². The van der Waals surface area contributed by atoms with E-state index in [0.29, 0.717) is 22.5 Å². The minimum Gasteiger partial charge on any atom is -0.236 e. The molecule has 2 aromatic rings. The van der Waals surface area contributed by atoms with Gasteiger partial charge in [0.1, 0.15) is 14.2 Å². The Morgan fingerprint density at radius 3 is 2.86 bits per heavy atom. The minimum absolute atomic E-state index is 0.224. The lowest BCUT2D eigenvalue weighted by Crippen LogP contribution is -2.05. The molecule has 0 amide bonds. The number of hydrogen-bond donors (Lipinski definition) is 0. The van der Waals surface area contributed by atoms with Gasteiger partial charge in [0.2, 0.25) is 5.16 Å². The molecule has 0 atom stereocenters. The summed E-state index contributed by atoms with van der Waals surface area (Å²) in [6.45, 7) is 0.651. The molecule has 0 aliphatic carbocycles. The lowest BCUT2D eigenvalue weighted by atomic mass is 10.2. The van der Waals surface area contributed by atoms with Crippen LogP contribution in [-0.4, -0.2) is 45.6 Å². The molecule has 0 aliphatic rings. The normalized spacial score (nSPS) is 11.9. The first-order valence-electron chi connectivity index (χ1n) is 6.17. The molecule has 116 valence electrons. The van der Waals surface area contributed by atoms with Gasteiger partial charge in [-0.2, -0.15) is 0 Å². The van der Waals surface area contributed by atoms with E-state index in [1.807, 2.05) is 0 Å². The van der Waals surface area contributed by atoms with E-state index in [2.05, 4.69) is 20.5 Å². The molecule has 0 aliphatic heterocycles. The van der Waals surface area contributed by atoms with Gasteiger partial charge in [-0.25, -0.2) is 18.1 Å². The fraction of sp³-hybridized carbons (Fsp3) is 0.600. The second-order valence-corrected chi connectivity index (χ2v) is 9.54. The van der Waals surface area contributed by atoms with E-state index < -0.39 is 9.84 Å². The number of unbranched alkanes of at least 4 members (excludes halogenated alkanes) is 2. The Balaban J connectivity index is 1.80. The maximum absolute atomic E-state index is 11.0. The monoisotopic (exact) mass is 367 g/mol. The highest BCUT2D eigenvalue weighted by Crippen LogP contribution is 2.31. The molecule has 0 radical (unpaired) electrons. The van der Waals surface area contributed by atoms with Crippen molar-refractivity contribution in [1.29, 1.82) is 0 Å². The van der Waals surface area contributed by atoms with Gasteiger partial charge in [-0.05, 0) is 35.0 Å². The number of nitrogens with zero attached hydrogens (tertiary/aromatic N) is 5. The van der Waals surface area contributed by atoms with Crippen molar-refractivity contribution in [3.63, 3.8) is 0 Å². The van der Waals surface area contributed by atoms with E-state index in [1.54, 1.807) is 10.9 Å². The Kier molecular flexibility index (Phi) is 5.97. The number of aromatic nitrogens is 5. The molecule has 0 spiro atoms. The van der Waals surface area contributed by atoms with Gasteiger partial charge in [-0.15, -0.1) is 5.10 Å². The summed E-state index contributed by atoms with van der Waals surface area (Å²) >= 11 is 8.57. The van der Waals surface area contributed by atoms with Crippen LogP contribution in [0.5, 0.6) is 0 Å². The van der Waals surface area contributed by atoms with E-state index >= 15 is 0 Å². The van der Waals surface area contributed by atoms with E-state index in [0.717, 1.165) is 17.2 Å². The van der Waals surface area contributed by atoms with E-state index in [4.69, 9.17) is 11.6 Å². The van der Waals surface area contributed by atoms with Crippen LogP contribution in [0.25, 0.3) is 0 Å². The van der Waals surface area contributed by atoms with Gasteiger partial charge in [0.25, 0.3) is 0 Å². The highest BCUT2D eigenvalue weighted by molar-refractivity contribution is 8.00. The molecule has 0 saturated heterocycles. The van der Waals surface area contributed by atoms with Crippen molar-refractivity contribution in [2.45, 2.75) is 35.3 Å². The maximum Gasteiger partial charge on any atom is 0.216 e. The maximum atomic E-state index is 11.0. The van der Waals surface area contributed by atoms with Crippen LogP contribution in [0.3, 0.4) is 0 Å². The number of tetrazole rings is 1. The molecule has 0 aromatic carbocycles. The Hall–Kier alpha value is -0.710. The molecule has 21 heavy (non-hydrogen) atoms. The van der Waals surface area contributed by atoms with Gasteiger partial charge in [0.05, 0.1) is 6.20 Å². The number of sulfone groups is 1. The zero-order chi connectivity index (χ0) is 15.3. The molecule has 11 heteroatoms. The summed E-state index contributed by atoms with van der Waals surface area (Å²) in [6.07, 6.45) is 5.15. The number of halogens is 1. The number of aryl methyl sites for hydroxylation is 1. The third-order valence-corrected chi connectivity index (χ3v) is 5.71. The summed E-state index contributed by atoms with van der Waals surface area (Å²) in [5.41, 5.74) is 0. The number of thiazole rings is 1. The Morgan fingerprint density at radius 2 is 2.19 bits per heavy atom. The smallest absolute Gasteiger partial charge is 0.216 e. The predicted octanol–water partition coefficient (Wildman–Crippen LogP) is 2.15. The first kappa shape index (κ1) is 16.7. The van der Waals surface area contributed by atoms with Crippen LogP contribution < -0.4 is 0 Å². The van der Waals surface area contributed by atoms with Gasteiger partial charge >= 0.3 is 0 Å². The van der Waals surface area contributed by atoms with Gasteiger partial charge in [-0.1, -0.05) is 29.4 Å². The van der Waals surface area contributed by atoms with Crippen molar-refractivity contribution in [2.24, 2.45) is 0 Å². The Bertz CT molecular complexity index is 684. The van der Waals surface area contributed by atoms with Crippen LogP contribution in [0.15, 0.2) is 15.7 Å². The summed E-state index contributed by atoms with van der Waals surface area (Å²) in [5, 5.41) is 12.2. The van der Waals surface area contributed by atoms with Crippen LogP contribution >= 0.6 is 34.7 Å². The van der Waals surface area contributed by atoms with Crippen molar-refractivity contribution >= 4 is 44.5 Å². The third-order valence-electron chi connectivity index (χ3n) is 2.52. The van der Waals surface area contributed by atoms with Crippen molar-refractivity contribution in [2.75, 3.05) is 12.0 Å². The van der Waals surface area contributed by atoms with Crippen molar-refractivity contribution < 1.29 is 8.42 Å². The zero-order valence-electron chi connectivity index (χ0n) is 11.3. The quantitative estimate of drug-likeness (QED) is 0.660. The van der Waals surface area contributed by atoms with Gasteiger partial charge in [0.15, 0.2) is 4.34 Å². The molecular weight excluding hydrogens is 354 g/mol. The van der Waals surface area contributed by atoms with Crippen molar-refractivity contribution in [1.82, 2.24) is 25.2 Å². The van der Waals surface area contributed by atoms with Gasteiger partial charge in [-0.3, -0.25) is 0 Å². The van der Waals surface area contributed by atoms with E-state index in [9.17, 15) is 8.42 Å². The molecule has 2 heterocycles. The first-order chi connectivity index (χ1) is 9.94. The summed E-state index contributed by atoms with van der Waals surface area (Å²) in [5.74, 6) is 0.224. The fourth-order valence-corrected chi connectivity index (χ4v) is 4.32. The standard InChI is InChI=1S/C10H14ClN5O2S3/c1-21(17,18)6-4-2-3-5-16-9(13-14-15-16)20-10-12-7-8(11)19-10/h7H,2-6H2,1H3. The van der Waals surface area contributed by atoms with Crippen molar-refractivity contribution in [3.05, 3.63) is 10.5 Å². The zero-order valence-corrected chi connectivity index (χ0v) is 14.5. The average molecular weight is 368 g/mol. The molecule has 0 saturated carbocycles. The van der Waals surface area contributed by atoms with Gasteiger partial charge < -0.3 is 0 Å². The van der Waals surface area contributed by atoms with Crippen LogP contribution in [0.2, 0.25) is 4.34 Å². The summed E-state index contributed by atoms with van der Waals surface area (Å²) in [4.78, 5) is 4.14. The second-order valence-electron chi connectivity index (χ2n) is 4.41. The summed E-state index contributed by atoms with van der Waals surface area (Å²) < 4.78 is 25.2. The van der Waals surface area contributed by atoms with E-state index in [-0.39, 0.29) is 5.75 Å². The molecule has 2 rings (SSSR count).